The van der Waals surface area contributed by atoms with Crippen LogP contribution in [-0.2, 0) is 0 Å². The van der Waals surface area contributed by atoms with Gasteiger partial charge in [0.25, 0.3) is 0 Å². The average molecular weight is 243 g/mol. The second kappa shape index (κ2) is 4.78. The van der Waals surface area contributed by atoms with Crippen LogP contribution >= 0.6 is 0 Å². The molecule has 1 fully saturated rings. The SMILES string of the molecule is O=c1[nH]c(-c2ccccc2)nn1C1CC[N]CC1. The summed E-state index contributed by atoms with van der Waals surface area (Å²) in [6, 6.07) is 9.89. The highest BCUT2D eigenvalue weighted by Crippen LogP contribution is 2.18. The summed E-state index contributed by atoms with van der Waals surface area (Å²) in [5.41, 5.74) is 0.814. The minimum Gasteiger partial charge on any atom is -0.289 e. The van der Waals surface area contributed by atoms with E-state index in [2.05, 4.69) is 15.4 Å². The van der Waals surface area contributed by atoms with Gasteiger partial charge in [-0.2, -0.15) is 0 Å². The molecule has 2 aromatic rings. The minimum atomic E-state index is -0.124. The third kappa shape index (κ3) is 2.09. The molecule has 0 bridgehead atoms. The number of nitrogens with one attached hydrogen (secondary N) is 1. The van der Waals surface area contributed by atoms with Gasteiger partial charge in [-0.05, 0) is 12.8 Å². The Morgan fingerprint density at radius 1 is 1.17 bits per heavy atom. The first-order chi connectivity index (χ1) is 8.84. The maximum atomic E-state index is 11.9. The lowest BCUT2D eigenvalue weighted by atomic mass is 10.1. The van der Waals surface area contributed by atoms with E-state index in [-0.39, 0.29) is 11.7 Å². The molecule has 93 valence electrons. The van der Waals surface area contributed by atoms with E-state index in [1.54, 1.807) is 4.68 Å². The van der Waals surface area contributed by atoms with E-state index >= 15 is 0 Å². The van der Waals surface area contributed by atoms with Gasteiger partial charge in [0.05, 0.1) is 6.04 Å². The predicted octanol–water partition coefficient (Wildman–Crippen LogP) is 1.18. The molecule has 1 radical (unpaired) electrons. The summed E-state index contributed by atoms with van der Waals surface area (Å²) in [5, 5.41) is 8.70. The topological polar surface area (TPSA) is 64.8 Å². The van der Waals surface area contributed by atoms with Crippen molar-refractivity contribution in [3.8, 4) is 11.4 Å². The summed E-state index contributed by atoms with van der Waals surface area (Å²) in [7, 11) is 0. The number of aromatic nitrogens is 3. The molecule has 1 aliphatic rings. The highest BCUT2D eigenvalue weighted by atomic mass is 16.2. The quantitative estimate of drug-likeness (QED) is 0.860. The molecule has 0 amide bonds. The fourth-order valence-corrected chi connectivity index (χ4v) is 2.29. The molecule has 0 spiro atoms. The van der Waals surface area contributed by atoms with Crippen LogP contribution in [0.3, 0.4) is 0 Å². The van der Waals surface area contributed by atoms with Crippen LogP contribution in [0.25, 0.3) is 11.4 Å². The van der Waals surface area contributed by atoms with Crippen LogP contribution in [0.5, 0.6) is 0 Å². The van der Waals surface area contributed by atoms with Crippen molar-refractivity contribution in [2.75, 3.05) is 13.1 Å². The van der Waals surface area contributed by atoms with Crippen molar-refractivity contribution in [2.24, 2.45) is 0 Å². The zero-order valence-corrected chi connectivity index (χ0v) is 10.0. The van der Waals surface area contributed by atoms with Gasteiger partial charge in [0.1, 0.15) is 0 Å². The number of aromatic amines is 1. The third-order valence-electron chi connectivity index (χ3n) is 3.28. The van der Waals surface area contributed by atoms with E-state index in [4.69, 9.17) is 0 Å². The summed E-state index contributed by atoms with van der Waals surface area (Å²) >= 11 is 0. The first-order valence-corrected chi connectivity index (χ1v) is 6.22. The lowest BCUT2D eigenvalue weighted by Crippen LogP contribution is -2.31. The van der Waals surface area contributed by atoms with E-state index in [1.165, 1.54) is 0 Å². The summed E-state index contributed by atoms with van der Waals surface area (Å²) in [6.45, 7) is 1.65. The van der Waals surface area contributed by atoms with Crippen LogP contribution < -0.4 is 11.0 Å². The highest BCUT2D eigenvalue weighted by molar-refractivity contribution is 5.53. The standard InChI is InChI=1S/C13H15N4O/c18-13-15-12(10-4-2-1-3-5-10)16-17(13)11-6-8-14-9-7-11/h1-5,11H,6-9H2,(H,15,16,18). The first-order valence-electron chi connectivity index (χ1n) is 6.22. The zero-order valence-electron chi connectivity index (χ0n) is 10.0. The number of piperidine rings is 1. The van der Waals surface area contributed by atoms with Crippen molar-refractivity contribution in [2.45, 2.75) is 18.9 Å². The average Bonchev–Trinajstić information content (AvgIpc) is 2.83. The van der Waals surface area contributed by atoms with Crippen LogP contribution in [0.1, 0.15) is 18.9 Å². The Balaban J connectivity index is 1.93. The number of hydrogen-bond donors (Lipinski definition) is 1. The van der Waals surface area contributed by atoms with Gasteiger partial charge in [-0.3, -0.25) is 4.98 Å². The highest BCUT2D eigenvalue weighted by Gasteiger charge is 2.19. The molecule has 3 rings (SSSR count). The maximum absolute atomic E-state index is 11.9. The summed E-state index contributed by atoms with van der Waals surface area (Å²) in [5.74, 6) is 0.642. The van der Waals surface area contributed by atoms with E-state index in [0.29, 0.717) is 5.82 Å². The number of benzene rings is 1. The lowest BCUT2D eigenvalue weighted by Gasteiger charge is -2.20. The van der Waals surface area contributed by atoms with Crippen LogP contribution in [0.2, 0.25) is 0 Å². The van der Waals surface area contributed by atoms with Gasteiger partial charge in [-0.1, -0.05) is 30.3 Å². The first kappa shape index (κ1) is 11.2. The Labute approximate surface area is 105 Å². The minimum absolute atomic E-state index is 0.124. The Morgan fingerprint density at radius 2 is 1.89 bits per heavy atom. The van der Waals surface area contributed by atoms with Crippen LogP contribution in [0.15, 0.2) is 35.1 Å². The molecular formula is C13H15N4O. The molecule has 0 aliphatic carbocycles. The van der Waals surface area contributed by atoms with E-state index in [1.807, 2.05) is 30.3 Å². The van der Waals surface area contributed by atoms with Crippen molar-refractivity contribution < 1.29 is 0 Å². The number of rotatable bonds is 2. The van der Waals surface area contributed by atoms with Crippen molar-refractivity contribution in [1.82, 2.24) is 20.1 Å². The number of hydrogen-bond acceptors (Lipinski definition) is 2. The molecule has 0 atom stereocenters. The molecule has 0 unspecified atom stereocenters. The number of H-pyrrole nitrogens is 1. The van der Waals surface area contributed by atoms with E-state index in [9.17, 15) is 4.79 Å². The summed E-state index contributed by atoms with van der Waals surface area (Å²) in [4.78, 5) is 14.8. The Kier molecular flexibility index (Phi) is 2.98. The molecular weight excluding hydrogens is 228 g/mol. The predicted molar refractivity (Wildman–Crippen MR) is 68.4 cm³/mol. The Bertz CT molecular complexity index is 566. The molecule has 2 heterocycles. The molecule has 1 aromatic carbocycles. The Morgan fingerprint density at radius 3 is 2.61 bits per heavy atom. The molecule has 1 N–H and O–H groups in total. The summed E-state index contributed by atoms with van der Waals surface area (Å²) in [6.07, 6.45) is 1.80. The van der Waals surface area contributed by atoms with Gasteiger partial charge in [-0.15, -0.1) is 5.10 Å². The smallest absolute Gasteiger partial charge is 0.289 e. The molecule has 18 heavy (non-hydrogen) atoms. The van der Waals surface area contributed by atoms with E-state index < -0.39 is 0 Å². The third-order valence-corrected chi connectivity index (χ3v) is 3.28. The normalized spacial score (nSPS) is 16.9. The molecule has 1 saturated heterocycles. The number of nitrogens with zero attached hydrogens (tertiary/aromatic N) is 3. The molecule has 5 nitrogen and oxygen atoms in total. The summed E-state index contributed by atoms with van der Waals surface area (Å²) < 4.78 is 1.58. The fourth-order valence-electron chi connectivity index (χ4n) is 2.29. The van der Waals surface area contributed by atoms with Gasteiger partial charge in [0.15, 0.2) is 5.82 Å². The van der Waals surface area contributed by atoms with Crippen molar-refractivity contribution in [3.05, 3.63) is 40.8 Å². The molecule has 0 saturated carbocycles. The molecule has 5 heteroatoms. The monoisotopic (exact) mass is 243 g/mol. The van der Waals surface area contributed by atoms with Crippen molar-refractivity contribution in [1.29, 1.82) is 0 Å². The van der Waals surface area contributed by atoms with Gasteiger partial charge in [-0.25, -0.2) is 14.8 Å². The molecule has 1 aromatic heterocycles. The largest absolute Gasteiger partial charge is 0.343 e. The van der Waals surface area contributed by atoms with Gasteiger partial charge in [0.2, 0.25) is 0 Å². The van der Waals surface area contributed by atoms with E-state index in [0.717, 1.165) is 31.5 Å². The van der Waals surface area contributed by atoms with Gasteiger partial charge in [0, 0.05) is 18.7 Å². The zero-order chi connectivity index (χ0) is 12.4. The second-order valence-corrected chi connectivity index (χ2v) is 4.49. The molecule has 1 aliphatic heterocycles. The fraction of sp³-hybridized carbons (Fsp3) is 0.385. The van der Waals surface area contributed by atoms with Crippen molar-refractivity contribution in [3.63, 3.8) is 0 Å². The van der Waals surface area contributed by atoms with Crippen molar-refractivity contribution >= 4 is 0 Å². The van der Waals surface area contributed by atoms with Gasteiger partial charge >= 0.3 is 5.69 Å². The lowest BCUT2D eigenvalue weighted by molar-refractivity contribution is 0.332. The maximum Gasteiger partial charge on any atom is 0.343 e. The second-order valence-electron chi connectivity index (χ2n) is 4.49. The van der Waals surface area contributed by atoms with Crippen LogP contribution in [0, 0.1) is 0 Å². The van der Waals surface area contributed by atoms with Crippen LogP contribution in [0.4, 0.5) is 0 Å². The Hall–Kier alpha value is -1.88. The van der Waals surface area contributed by atoms with Crippen LogP contribution in [-0.4, -0.2) is 27.9 Å². The van der Waals surface area contributed by atoms with Gasteiger partial charge < -0.3 is 0 Å².